The van der Waals surface area contributed by atoms with Crippen molar-refractivity contribution in [2.24, 2.45) is 0 Å². The summed E-state index contributed by atoms with van der Waals surface area (Å²) in [4.78, 5) is 20.3. The fourth-order valence-corrected chi connectivity index (χ4v) is 2.50. The van der Waals surface area contributed by atoms with E-state index >= 15 is 0 Å². The van der Waals surface area contributed by atoms with Crippen LogP contribution < -0.4 is 16.8 Å². The maximum Gasteiger partial charge on any atom is 0.239 e. The lowest BCUT2D eigenvalue weighted by molar-refractivity contribution is -0.115. The third-order valence-corrected chi connectivity index (χ3v) is 3.76. The molecule has 0 spiro atoms. The molecule has 1 atom stereocenters. The number of hydrogen-bond donors (Lipinski definition) is 3. The maximum absolute atomic E-state index is 12.2. The molecular formula is C12H16N6O2S. The third kappa shape index (κ3) is 4.09. The number of aromatic nitrogens is 3. The van der Waals surface area contributed by atoms with E-state index in [9.17, 15) is 4.79 Å². The summed E-state index contributed by atoms with van der Waals surface area (Å²) in [6, 6.07) is 3.10. The predicted octanol–water partition coefficient (Wildman–Crippen LogP) is 1.45. The van der Waals surface area contributed by atoms with Crippen LogP contribution >= 0.6 is 11.8 Å². The van der Waals surface area contributed by atoms with E-state index in [2.05, 4.69) is 20.4 Å². The number of carbonyl (C=O) groups excluding carboxylic acids is 1. The molecule has 2 heterocycles. The van der Waals surface area contributed by atoms with Crippen LogP contribution in [-0.4, -0.2) is 26.3 Å². The van der Waals surface area contributed by atoms with Gasteiger partial charge in [0.2, 0.25) is 5.91 Å². The zero-order valence-electron chi connectivity index (χ0n) is 11.7. The van der Waals surface area contributed by atoms with E-state index in [0.717, 1.165) is 0 Å². The Hall–Kier alpha value is -2.29. The number of thioether (sulfide) groups is 1. The molecule has 0 aliphatic carbocycles. The molecule has 0 unspecified atom stereocenters. The number of carbonyl (C=O) groups is 1. The van der Waals surface area contributed by atoms with Crippen molar-refractivity contribution in [3.63, 3.8) is 0 Å². The molecule has 5 N–H and O–H groups in total. The van der Waals surface area contributed by atoms with Crippen LogP contribution in [0, 0.1) is 6.92 Å². The van der Waals surface area contributed by atoms with Crippen LogP contribution in [0.5, 0.6) is 0 Å². The zero-order valence-corrected chi connectivity index (χ0v) is 12.5. The van der Waals surface area contributed by atoms with E-state index in [-0.39, 0.29) is 22.8 Å². The number of nitrogens with two attached hydrogens (primary N) is 2. The lowest BCUT2D eigenvalue weighted by atomic mass is 10.3. The fourth-order valence-electron chi connectivity index (χ4n) is 1.60. The van der Waals surface area contributed by atoms with Gasteiger partial charge < -0.3 is 21.3 Å². The van der Waals surface area contributed by atoms with Gasteiger partial charge in [0.05, 0.1) is 5.25 Å². The number of hydrogen-bond acceptors (Lipinski definition) is 8. The van der Waals surface area contributed by atoms with Crippen LogP contribution in [0.2, 0.25) is 0 Å². The van der Waals surface area contributed by atoms with Crippen molar-refractivity contribution in [3.05, 3.63) is 17.9 Å². The molecule has 0 fully saturated rings. The average molecular weight is 308 g/mol. The highest BCUT2D eigenvalue weighted by molar-refractivity contribution is 8.00. The normalized spacial score (nSPS) is 12.1. The second kappa shape index (κ2) is 6.44. The van der Waals surface area contributed by atoms with Gasteiger partial charge in [-0.1, -0.05) is 23.8 Å². The van der Waals surface area contributed by atoms with Crippen LogP contribution in [0.25, 0.3) is 0 Å². The quantitative estimate of drug-likeness (QED) is 0.558. The fraction of sp³-hybridized carbons (Fsp3) is 0.333. The van der Waals surface area contributed by atoms with Gasteiger partial charge in [0.1, 0.15) is 17.4 Å². The smallest absolute Gasteiger partial charge is 0.239 e. The standard InChI is InChI=1S/C12H16N6O2S/c1-3-7(11(19)17-10-4-6(2)20-18-10)21-12-15-8(13)5-9(14)16-12/h4-5,7H,3H2,1-2H3,(H,17,18,19)(H4,13,14,15,16)/t7-/m1/s1. The second-order valence-electron chi connectivity index (χ2n) is 4.33. The predicted molar refractivity (Wildman–Crippen MR) is 80.7 cm³/mol. The second-order valence-corrected chi connectivity index (χ2v) is 5.50. The van der Waals surface area contributed by atoms with Gasteiger partial charge >= 0.3 is 0 Å². The highest BCUT2D eigenvalue weighted by Crippen LogP contribution is 2.25. The molecule has 0 saturated heterocycles. The van der Waals surface area contributed by atoms with Crippen molar-refractivity contribution in [1.29, 1.82) is 0 Å². The number of nitrogen functional groups attached to an aromatic ring is 2. The molecule has 2 aromatic heterocycles. The van der Waals surface area contributed by atoms with Crippen LogP contribution in [0.1, 0.15) is 19.1 Å². The molecule has 0 aliphatic rings. The van der Waals surface area contributed by atoms with Crippen LogP contribution in [0.3, 0.4) is 0 Å². The molecule has 21 heavy (non-hydrogen) atoms. The summed E-state index contributed by atoms with van der Waals surface area (Å²) in [5.41, 5.74) is 11.2. The minimum atomic E-state index is -0.386. The van der Waals surface area contributed by atoms with Crippen LogP contribution in [-0.2, 0) is 4.79 Å². The van der Waals surface area contributed by atoms with E-state index in [1.54, 1.807) is 13.0 Å². The highest BCUT2D eigenvalue weighted by Gasteiger charge is 2.21. The summed E-state index contributed by atoms with van der Waals surface area (Å²) >= 11 is 1.20. The highest BCUT2D eigenvalue weighted by atomic mass is 32.2. The van der Waals surface area contributed by atoms with Gasteiger partial charge in [-0.3, -0.25) is 4.79 Å². The van der Waals surface area contributed by atoms with Gasteiger partial charge in [-0.25, -0.2) is 9.97 Å². The minimum absolute atomic E-state index is 0.208. The van der Waals surface area contributed by atoms with E-state index in [0.29, 0.717) is 23.2 Å². The van der Waals surface area contributed by atoms with Gasteiger partial charge in [-0.2, -0.15) is 0 Å². The molecule has 9 heteroatoms. The molecule has 2 rings (SSSR count). The Morgan fingerprint density at radius 3 is 2.57 bits per heavy atom. The summed E-state index contributed by atoms with van der Waals surface area (Å²) in [5.74, 6) is 1.34. The molecule has 2 aromatic rings. The van der Waals surface area contributed by atoms with Crippen LogP contribution in [0.4, 0.5) is 17.5 Å². The van der Waals surface area contributed by atoms with Crippen molar-refractivity contribution in [2.75, 3.05) is 16.8 Å². The topological polar surface area (TPSA) is 133 Å². The van der Waals surface area contributed by atoms with Crippen molar-refractivity contribution in [1.82, 2.24) is 15.1 Å². The van der Waals surface area contributed by atoms with Crippen molar-refractivity contribution in [2.45, 2.75) is 30.7 Å². The van der Waals surface area contributed by atoms with E-state index in [1.165, 1.54) is 17.8 Å². The van der Waals surface area contributed by atoms with E-state index in [1.807, 2.05) is 6.92 Å². The van der Waals surface area contributed by atoms with Crippen LogP contribution in [0.15, 0.2) is 21.8 Å². The number of nitrogens with zero attached hydrogens (tertiary/aromatic N) is 3. The Bertz CT molecular complexity index is 624. The lowest BCUT2D eigenvalue weighted by Gasteiger charge is -2.12. The number of aryl methyl sites for hydroxylation is 1. The molecule has 1 amide bonds. The zero-order chi connectivity index (χ0) is 15.4. The summed E-state index contributed by atoms with van der Waals surface area (Å²) < 4.78 is 4.90. The number of amides is 1. The van der Waals surface area contributed by atoms with Gasteiger partial charge in [-0.15, -0.1) is 0 Å². The number of anilines is 3. The molecule has 0 radical (unpaired) electrons. The summed E-state index contributed by atoms with van der Waals surface area (Å²) in [6.07, 6.45) is 0.589. The summed E-state index contributed by atoms with van der Waals surface area (Å²) in [6.45, 7) is 3.64. The molecule has 0 aromatic carbocycles. The molecule has 112 valence electrons. The molecule has 0 bridgehead atoms. The monoisotopic (exact) mass is 308 g/mol. The Balaban J connectivity index is 2.06. The van der Waals surface area contributed by atoms with E-state index < -0.39 is 0 Å². The Morgan fingerprint density at radius 1 is 1.38 bits per heavy atom. The first-order valence-electron chi connectivity index (χ1n) is 6.28. The molecule has 8 nitrogen and oxygen atoms in total. The molecule has 0 aliphatic heterocycles. The van der Waals surface area contributed by atoms with E-state index in [4.69, 9.17) is 16.0 Å². The third-order valence-electron chi connectivity index (χ3n) is 2.54. The summed E-state index contributed by atoms with van der Waals surface area (Å²) in [5, 5.41) is 6.38. The minimum Gasteiger partial charge on any atom is -0.383 e. The molecular weight excluding hydrogens is 292 g/mol. The Kier molecular flexibility index (Phi) is 4.63. The maximum atomic E-state index is 12.2. The number of rotatable bonds is 5. The van der Waals surface area contributed by atoms with Gasteiger partial charge in [0.25, 0.3) is 0 Å². The average Bonchev–Trinajstić information content (AvgIpc) is 2.80. The Labute approximate surface area is 125 Å². The first kappa shape index (κ1) is 15.1. The van der Waals surface area contributed by atoms with Gasteiger partial charge in [0, 0.05) is 12.1 Å². The van der Waals surface area contributed by atoms with Crippen molar-refractivity contribution >= 4 is 35.1 Å². The molecule has 0 saturated carbocycles. The summed E-state index contributed by atoms with van der Waals surface area (Å²) in [7, 11) is 0. The Morgan fingerprint density at radius 2 is 2.05 bits per heavy atom. The van der Waals surface area contributed by atoms with Crippen molar-refractivity contribution < 1.29 is 9.32 Å². The first-order chi connectivity index (χ1) is 9.97. The SMILES string of the molecule is CC[C@@H](Sc1nc(N)cc(N)n1)C(=O)Nc1cc(C)on1. The van der Waals surface area contributed by atoms with Gasteiger partial charge in [-0.05, 0) is 13.3 Å². The lowest BCUT2D eigenvalue weighted by Crippen LogP contribution is -2.25. The first-order valence-corrected chi connectivity index (χ1v) is 7.16. The van der Waals surface area contributed by atoms with Crippen molar-refractivity contribution in [3.8, 4) is 0 Å². The number of nitrogens with one attached hydrogen (secondary N) is 1. The largest absolute Gasteiger partial charge is 0.383 e. The van der Waals surface area contributed by atoms with Gasteiger partial charge in [0.15, 0.2) is 11.0 Å².